The zero-order chi connectivity index (χ0) is 17.3. The van der Waals surface area contributed by atoms with Crippen LogP contribution in [0.5, 0.6) is 0 Å². The Morgan fingerprint density at radius 2 is 1.54 bits per heavy atom. The fourth-order valence-electron chi connectivity index (χ4n) is 2.40. The lowest BCUT2D eigenvalue weighted by Gasteiger charge is -2.07. The van der Waals surface area contributed by atoms with Gasteiger partial charge in [0.25, 0.3) is 5.69 Å². The molecule has 6 nitrogen and oxygen atoms in total. The van der Waals surface area contributed by atoms with Crippen LogP contribution in [0.1, 0.15) is 5.56 Å². The summed E-state index contributed by atoms with van der Waals surface area (Å²) in [6.45, 7) is 0. The van der Waals surface area contributed by atoms with Gasteiger partial charge in [0.1, 0.15) is 11.6 Å². The number of fused-ring (bicyclic) bond motifs is 1. The fraction of sp³-hybridized carbons (Fsp3) is 0. The minimum atomic E-state index is -3.88. The maximum absolute atomic E-state index is 12.7. The molecular formula is C17H10N2O4S. The van der Waals surface area contributed by atoms with Crippen LogP contribution in [0.25, 0.3) is 10.8 Å². The quantitative estimate of drug-likeness (QED) is 0.537. The first-order valence-corrected chi connectivity index (χ1v) is 8.34. The van der Waals surface area contributed by atoms with Crippen LogP contribution >= 0.6 is 0 Å². The van der Waals surface area contributed by atoms with E-state index < -0.39 is 20.4 Å². The topological polar surface area (TPSA) is 101 Å². The Balaban J connectivity index is 2.16. The lowest BCUT2D eigenvalue weighted by Crippen LogP contribution is -2.03. The molecule has 0 atom stereocenters. The molecule has 0 N–H and O–H groups in total. The van der Waals surface area contributed by atoms with Crippen molar-refractivity contribution in [2.75, 3.05) is 0 Å². The van der Waals surface area contributed by atoms with E-state index in [1.54, 1.807) is 24.3 Å². The molecule has 0 aliphatic heterocycles. The number of nitrogens with zero attached hydrogens (tertiary/aromatic N) is 2. The maximum Gasteiger partial charge on any atom is 0.287 e. The SMILES string of the molecule is N#Cc1cc(S(=O)(=O)c2ccc3ccccc3c2)ccc1[N+](=O)[O-]. The summed E-state index contributed by atoms with van der Waals surface area (Å²) in [7, 11) is -3.88. The monoisotopic (exact) mass is 338 g/mol. The van der Waals surface area contributed by atoms with Crippen molar-refractivity contribution in [1.29, 1.82) is 5.26 Å². The number of rotatable bonds is 3. The van der Waals surface area contributed by atoms with Gasteiger partial charge in [-0.15, -0.1) is 0 Å². The van der Waals surface area contributed by atoms with Crippen molar-refractivity contribution in [3.8, 4) is 6.07 Å². The molecule has 0 aromatic heterocycles. The molecule has 7 heteroatoms. The van der Waals surface area contributed by atoms with E-state index in [1.807, 2.05) is 12.1 Å². The molecule has 0 heterocycles. The molecule has 3 aromatic carbocycles. The van der Waals surface area contributed by atoms with E-state index in [1.165, 1.54) is 12.1 Å². The molecular weight excluding hydrogens is 328 g/mol. The van der Waals surface area contributed by atoms with Crippen molar-refractivity contribution in [3.05, 3.63) is 76.3 Å². The Labute approximate surface area is 137 Å². The molecule has 0 aliphatic carbocycles. The molecule has 0 amide bonds. The van der Waals surface area contributed by atoms with Gasteiger partial charge in [0.15, 0.2) is 0 Å². The number of hydrogen-bond acceptors (Lipinski definition) is 5. The third-order valence-corrected chi connectivity index (χ3v) is 5.38. The van der Waals surface area contributed by atoms with Crippen LogP contribution in [0.4, 0.5) is 5.69 Å². The molecule has 24 heavy (non-hydrogen) atoms. The van der Waals surface area contributed by atoms with Crippen LogP contribution < -0.4 is 0 Å². The van der Waals surface area contributed by atoms with Crippen LogP contribution in [0.15, 0.2) is 70.5 Å². The summed E-state index contributed by atoms with van der Waals surface area (Å²) in [5, 5.41) is 21.5. The van der Waals surface area contributed by atoms with E-state index in [-0.39, 0.29) is 15.4 Å². The van der Waals surface area contributed by atoms with E-state index in [0.29, 0.717) is 0 Å². The van der Waals surface area contributed by atoms with E-state index >= 15 is 0 Å². The van der Waals surface area contributed by atoms with E-state index in [9.17, 15) is 18.5 Å². The summed E-state index contributed by atoms with van der Waals surface area (Å²) in [4.78, 5) is 10.1. The second kappa shape index (κ2) is 5.76. The predicted molar refractivity (Wildman–Crippen MR) is 87.2 cm³/mol. The summed E-state index contributed by atoms with van der Waals surface area (Å²) >= 11 is 0. The first-order chi connectivity index (χ1) is 11.4. The minimum Gasteiger partial charge on any atom is -0.258 e. The van der Waals surface area contributed by atoms with Gasteiger partial charge in [-0.2, -0.15) is 5.26 Å². The Morgan fingerprint density at radius 1 is 0.917 bits per heavy atom. The summed E-state index contributed by atoms with van der Waals surface area (Å²) in [5.41, 5.74) is -0.711. The number of nitro groups is 1. The molecule has 0 aliphatic rings. The fourth-order valence-corrected chi connectivity index (χ4v) is 3.72. The zero-order valence-corrected chi connectivity index (χ0v) is 13.0. The zero-order valence-electron chi connectivity index (χ0n) is 12.2. The van der Waals surface area contributed by atoms with Crippen LogP contribution in [0.2, 0.25) is 0 Å². The highest BCUT2D eigenvalue weighted by Gasteiger charge is 2.22. The van der Waals surface area contributed by atoms with Crippen LogP contribution in [-0.4, -0.2) is 13.3 Å². The largest absolute Gasteiger partial charge is 0.287 e. The Morgan fingerprint density at radius 3 is 2.21 bits per heavy atom. The van der Waals surface area contributed by atoms with Gasteiger partial charge in [-0.3, -0.25) is 10.1 Å². The van der Waals surface area contributed by atoms with Crippen molar-refractivity contribution in [2.45, 2.75) is 9.79 Å². The number of nitriles is 1. The second-order valence-corrected chi connectivity index (χ2v) is 7.01. The third kappa shape index (κ3) is 2.59. The molecule has 0 saturated carbocycles. The highest BCUT2D eigenvalue weighted by atomic mass is 32.2. The number of sulfone groups is 1. The molecule has 0 fully saturated rings. The van der Waals surface area contributed by atoms with E-state index in [4.69, 9.17) is 5.26 Å². The highest BCUT2D eigenvalue weighted by Crippen LogP contribution is 2.28. The van der Waals surface area contributed by atoms with E-state index in [0.717, 1.165) is 29.0 Å². The van der Waals surface area contributed by atoms with Gasteiger partial charge >= 0.3 is 0 Å². The van der Waals surface area contributed by atoms with Gasteiger partial charge in [0.2, 0.25) is 9.84 Å². The lowest BCUT2D eigenvalue weighted by atomic mass is 10.1. The van der Waals surface area contributed by atoms with Crippen molar-refractivity contribution in [1.82, 2.24) is 0 Å². The average Bonchev–Trinajstić information content (AvgIpc) is 2.60. The predicted octanol–water partition coefficient (Wildman–Crippen LogP) is 3.45. The molecule has 0 spiro atoms. The summed E-state index contributed by atoms with van der Waals surface area (Å²) in [6, 6.07) is 16.9. The maximum atomic E-state index is 12.7. The number of nitro benzene ring substituents is 1. The van der Waals surface area contributed by atoms with Gasteiger partial charge in [-0.05, 0) is 35.0 Å². The van der Waals surface area contributed by atoms with Crippen molar-refractivity contribution < 1.29 is 13.3 Å². The van der Waals surface area contributed by atoms with Crippen molar-refractivity contribution in [3.63, 3.8) is 0 Å². The first-order valence-electron chi connectivity index (χ1n) is 6.86. The second-order valence-electron chi connectivity index (χ2n) is 5.06. The van der Waals surface area contributed by atoms with Gasteiger partial charge in [-0.1, -0.05) is 30.3 Å². The molecule has 0 unspecified atom stereocenters. The molecule has 118 valence electrons. The average molecular weight is 338 g/mol. The van der Waals surface area contributed by atoms with Crippen molar-refractivity contribution in [2.24, 2.45) is 0 Å². The normalized spacial score (nSPS) is 11.1. The van der Waals surface area contributed by atoms with Crippen molar-refractivity contribution >= 4 is 26.3 Å². The Bertz CT molecular complexity index is 1110. The van der Waals surface area contributed by atoms with Crippen LogP contribution in [0.3, 0.4) is 0 Å². The first kappa shape index (κ1) is 15.6. The molecule has 0 saturated heterocycles. The summed E-state index contributed by atoms with van der Waals surface area (Å²) < 4.78 is 25.5. The Hall–Kier alpha value is -3.24. The van der Waals surface area contributed by atoms with E-state index in [2.05, 4.69) is 0 Å². The van der Waals surface area contributed by atoms with Gasteiger partial charge in [0, 0.05) is 6.07 Å². The van der Waals surface area contributed by atoms with Crippen LogP contribution in [-0.2, 0) is 9.84 Å². The van der Waals surface area contributed by atoms with Gasteiger partial charge in [-0.25, -0.2) is 8.42 Å². The highest BCUT2D eigenvalue weighted by molar-refractivity contribution is 7.91. The van der Waals surface area contributed by atoms with Crippen LogP contribution in [0, 0.1) is 21.4 Å². The third-order valence-electron chi connectivity index (χ3n) is 3.63. The molecule has 3 aromatic rings. The molecule has 0 bridgehead atoms. The Kier molecular flexibility index (Phi) is 3.75. The summed E-state index contributed by atoms with van der Waals surface area (Å²) in [5.74, 6) is 0. The molecule has 3 rings (SSSR count). The minimum absolute atomic E-state index is 0.0685. The standard InChI is InChI=1S/C17H10N2O4S/c18-11-14-10-16(7-8-17(14)19(20)21)24(22,23)15-6-5-12-3-1-2-4-13(12)9-15/h1-10H. The van der Waals surface area contributed by atoms with Gasteiger partial charge in [0.05, 0.1) is 14.7 Å². The number of benzene rings is 3. The smallest absolute Gasteiger partial charge is 0.258 e. The number of hydrogen-bond donors (Lipinski definition) is 0. The summed E-state index contributed by atoms with van der Waals surface area (Å²) in [6.07, 6.45) is 0. The molecule has 0 radical (unpaired) electrons. The van der Waals surface area contributed by atoms with Gasteiger partial charge < -0.3 is 0 Å². The lowest BCUT2D eigenvalue weighted by molar-refractivity contribution is -0.385.